The van der Waals surface area contributed by atoms with E-state index in [0.717, 1.165) is 22.5 Å². The van der Waals surface area contributed by atoms with Gasteiger partial charge in [0, 0.05) is 36.6 Å². The zero-order valence-electron chi connectivity index (χ0n) is 15.9. The molecule has 0 spiro atoms. The summed E-state index contributed by atoms with van der Waals surface area (Å²) in [7, 11) is 0. The van der Waals surface area contributed by atoms with Crippen molar-refractivity contribution in [3.63, 3.8) is 0 Å². The summed E-state index contributed by atoms with van der Waals surface area (Å²) in [6, 6.07) is 17.0. The summed E-state index contributed by atoms with van der Waals surface area (Å²) in [4.78, 5) is 21.3. The molecule has 4 N–H and O–H groups in total. The molecule has 146 valence electrons. The molecule has 3 aromatic heterocycles. The monoisotopic (exact) mass is 394 g/mol. The molecule has 1 aromatic carbocycles. The molecule has 2 atom stereocenters. The highest BCUT2D eigenvalue weighted by molar-refractivity contribution is 5.43. The first-order chi connectivity index (χ1) is 14.7. The van der Waals surface area contributed by atoms with Gasteiger partial charge in [-0.05, 0) is 41.5 Å². The molecule has 0 aliphatic heterocycles. The predicted molar refractivity (Wildman–Crippen MR) is 112 cm³/mol. The Hall–Kier alpha value is -4.38. The minimum absolute atomic E-state index is 0.179. The molecular formula is C22H18N8. The number of aromatic nitrogens is 5. The molecule has 0 saturated heterocycles. The molecule has 4 rings (SSSR count). The van der Waals surface area contributed by atoms with E-state index in [1.54, 1.807) is 36.9 Å². The summed E-state index contributed by atoms with van der Waals surface area (Å²) < 4.78 is 0. The molecular weight excluding hydrogens is 376 g/mol. The van der Waals surface area contributed by atoms with Crippen molar-refractivity contribution in [2.24, 2.45) is 0 Å². The number of rotatable bonds is 5. The van der Waals surface area contributed by atoms with Crippen molar-refractivity contribution >= 4 is 11.9 Å². The highest BCUT2D eigenvalue weighted by Crippen LogP contribution is 2.41. The Morgan fingerprint density at radius 2 is 1.33 bits per heavy atom. The lowest BCUT2D eigenvalue weighted by Gasteiger charge is -2.27. The van der Waals surface area contributed by atoms with E-state index in [1.807, 2.05) is 36.4 Å². The molecule has 0 bridgehead atoms. The number of hydrogen-bond acceptors (Lipinski definition) is 8. The van der Waals surface area contributed by atoms with Crippen LogP contribution >= 0.6 is 0 Å². The standard InChI is InChI=1S/C22H18N8/c23-12-14-3-5-15(6-4-14)19(17-7-10-27-21(24)29-17)20(16-2-1-9-26-13-16)18-8-11-28-22(25)30-18/h1-11,13,19-20H,(H2,24,27,29)(H2,25,28,30). The molecule has 0 saturated carbocycles. The van der Waals surface area contributed by atoms with E-state index in [9.17, 15) is 5.26 Å². The number of nitrogen functional groups attached to an aromatic ring is 2. The van der Waals surface area contributed by atoms with Gasteiger partial charge in [-0.2, -0.15) is 5.26 Å². The fraction of sp³-hybridized carbons (Fsp3) is 0.0909. The Labute approximate surface area is 173 Å². The highest BCUT2D eigenvalue weighted by atomic mass is 15.0. The smallest absolute Gasteiger partial charge is 0.220 e. The number of nitrogens with two attached hydrogens (primary N) is 2. The van der Waals surface area contributed by atoms with E-state index < -0.39 is 0 Å². The second-order valence-corrected chi connectivity index (χ2v) is 6.65. The molecule has 0 aliphatic rings. The van der Waals surface area contributed by atoms with E-state index in [-0.39, 0.29) is 23.7 Å². The lowest BCUT2D eigenvalue weighted by atomic mass is 9.77. The van der Waals surface area contributed by atoms with Crippen LogP contribution in [0.15, 0.2) is 73.3 Å². The topological polar surface area (TPSA) is 140 Å². The summed E-state index contributed by atoms with van der Waals surface area (Å²) >= 11 is 0. The van der Waals surface area contributed by atoms with Gasteiger partial charge in [-0.3, -0.25) is 4.98 Å². The van der Waals surface area contributed by atoms with Crippen molar-refractivity contribution < 1.29 is 0 Å². The fourth-order valence-electron chi connectivity index (χ4n) is 3.52. The largest absolute Gasteiger partial charge is 0.368 e. The maximum Gasteiger partial charge on any atom is 0.220 e. The second kappa shape index (κ2) is 8.32. The minimum atomic E-state index is -0.276. The summed E-state index contributed by atoms with van der Waals surface area (Å²) in [6.07, 6.45) is 6.77. The minimum Gasteiger partial charge on any atom is -0.368 e. The maximum atomic E-state index is 9.19. The highest BCUT2D eigenvalue weighted by Gasteiger charge is 2.31. The van der Waals surface area contributed by atoms with Crippen molar-refractivity contribution in [2.45, 2.75) is 11.8 Å². The Bertz CT molecular complexity index is 1190. The van der Waals surface area contributed by atoms with E-state index in [2.05, 4.69) is 31.0 Å². The zero-order valence-corrected chi connectivity index (χ0v) is 15.9. The molecule has 30 heavy (non-hydrogen) atoms. The molecule has 3 heterocycles. The van der Waals surface area contributed by atoms with Crippen LogP contribution in [0.2, 0.25) is 0 Å². The molecule has 8 heteroatoms. The number of benzene rings is 1. The van der Waals surface area contributed by atoms with Crippen molar-refractivity contribution in [1.82, 2.24) is 24.9 Å². The van der Waals surface area contributed by atoms with Gasteiger partial charge in [-0.25, -0.2) is 19.9 Å². The van der Waals surface area contributed by atoms with Gasteiger partial charge < -0.3 is 11.5 Å². The van der Waals surface area contributed by atoms with Crippen LogP contribution < -0.4 is 11.5 Å². The van der Waals surface area contributed by atoms with E-state index in [1.165, 1.54) is 0 Å². The molecule has 2 unspecified atom stereocenters. The first-order valence-corrected chi connectivity index (χ1v) is 9.22. The van der Waals surface area contributed by atoms with Gasteiger partial charge in [-0.15, -0.1) is 0 Å². The van der Waals surface area contributed by atoms with Crippen LogP contribution in [0.5, 0.6) is 0 Å². The molecule has 0 aliphatic carbocycles. The predicted octanol–water partition coefficient (Wildman–Crippen LogP) is 2.66. The Balaban J connectivity index is 1.96. The van der Waals surface area contributed by atoms with Crippen LogP contribution in [0, 0.1) is 11.3 Å². The third-order valence-electron chi connectivity index (χ3n) is 4.80. The van der Waals surface area contributed by atoms with Gasteiger partial charge in [0.25, 0.3) is 0 Å². The normalized spacial score (nSPS) is 12.6. The molecule has 0 amide bonds. The molecule has 4 aromatic rings. The third kappa shape index (κ3) is 3.91. The first kappa shape index (κ1) is 19.0. The summed E-state index contributed by atoms with van der Waals surface area (Å²) in [6.45, 7) is 0. The second-order valence-electron chi connectivity index (χ2n) is 6.65. The first-order valence-electron chi connectivity index (χ1n) is 9.22. The average molecular weight is 394 g/mol. The molecule has 0 fully saturated rings. The van der Waals surface area contributed by atoms with Gasteiger partial charge in [-0.1, -0.05) is 18.2 Å². The van der Waals surface area contributed by atoms with Gasteiger partial charge in [0.05, 0.1) is 23.0 Å². The Kier molecular flexibility index (Phi) is 5.26. The van der Waals surface area contributed by atoms with Crippen molar-refractivity contribution in [2.75, 3.05) is 11.5 Å². The summed E-state index contributed by atoms with van der Waals surface area (Å²) in [5.74, 6) is -0.187. The molecule has 8 nitrogen and oxygen atoms in total. The van der Waals surface area contributed by atoms with Crippen molar-refractivity contribution in [1.29, 1.82) is 5.26 Å². The lowest BCUT2D eigenvalue weighted by Crippen LogP contribution is -2.18. The van der Waals surface area contributed by atoms with Crippen LogP contribution in [0.1, 0.15) is 39.9 Å². The van der Waals surface area contributed by atoms with Crippen LogP contribution in [0.4, 0.5) is 11.9 Å². The third-order valence-corrected chi connectivity index (χ3v) is 4.80. The number of nitriles is 1. The Morgan fingerprint density at radius 3 is 1.83 bits per heavy atom. The lowest BCUT2D eigenvalue weighted by molar-refractivity contribution is 0.653. The van der Waals surface area contributed by atoms with Gasteiger partial charge in [0.1, 0.15) is 0 Å². The van der Waals surface area contributed by atoms with Crippen LogP contribution in [0.25, 0.3) is 0 Å². The maximum absolute atomic E-state index is 9.19. The Morgan fingerprint density at radius 1 is 0.733 bits per heavy atom. The van der Waals surface area contributed by atoms with Gasteiger partial charge in [0.15, 0.2) is 0 Å². The average Bonchev–Trinajstić information content (AvgIpc) is 2.78. The molecule has 0 radical (unpaired) electrons. The fourth-order valence-corrected chi connectivity index (χ4v) is 3.52. The van der Waals surface area contributed by atoms with Crippen molar-refractivity contribution in [3.8, 4) is 6.07 Å². The van der Waals surface area contributed by atoms with Crippen LogP contribution in [-0.2, 0) is 0 Å². The van der Waals surface area contributed by atoms with Gasteiger partial charge >= 0.3 is 0 Å². The van der Waals surface area contributed by atoms with E-state index in [0.29, 0.717) is 5.56 Å². The van der Waals surface area contributed by atoms with Crippen molar-refractivity contribution in [3.05, 3.63) is 101 Å². The van der Waals surface area contributed by atoms with E-state index >= 15 is 0 Å². The SMILES string of the molecule is N#Cc1ccc(C(c2ccnc(N)n2)C(c2cccnc2)c2ccnc(N)n2)cc1. The summed E-state index contributed by atoms with van der Waals surface area (Å²) in [5, 5.41) is 9.19. The number of hydrogen-bond donors (Lipinski definition) is 2. The van der Waals surface area contributed by atoms with Crippen LogP contribution in [-0.4, -0.2) is 24.9 Å². The van der Waals surface area contributed by atoms with Gasteiger partial charge in [0.2, 0.25) is 11.9 Å². The summed E-state index contributed by atoms with van der Waals surface area (Å²) in [5.41, 5.74) is 15.7. The number of nitrogens with zero attached hydrogens (tertiary/aromatic N) is 6. The van der Waals surface area contributed by atoms with Crippen LogP contribution in [0.3, 0.4) is 0 Å². The number of pyridine rings is 1. The zero-order chi connectivity index (χ0) is 20.9. The van der Waals surface area contributed by atoms with E-state index in [4.69, 9.17) is 11.5 Å². The number of anilines is 2. The quantitative estimate of drug-likeness (QED) is 0.526.